The number of benzene rings is 1. The Labute approximate surface area is 155 Å². The molecule has 1 saturated carbocycles. The Balaban J connectivity index is 1.76. The van der Waals surface area contributed by atoms with E-state index in [1.165, 1.54) is 32.1 Å². The van der Waals surface area contributed by atoms with Crippen molar-refractivity contribution < 1.29 is 4.21 Å². The highest BCUT2D eigenvalue weighted by atomic mass is 32.2. The third kappa shape index (κ3) is 7.59. The summed E-state index contributed by atoms with van der Waals surface area (Å²) >= 11 is 0. The molecular formula is C20H33N3OS. The Morgan fingerprint density at radius 1 is 1.16 bits per heavy atom. The van der Waals surface area contributed by atoms with E-state index < -0.39 is 10.8 Å². The van der Waals surface area contributed by atoms with E-state index in [1.807, 2.05) is 30.3 Å². The maximum atomic E-state index is 12.2. The zero-order valence-corrected chi connectivity index (χ0v) is 16.5. The molecule has 1 atom stereocenters. The fourth-order valence-corrected chi connectivity index (χ4v) is 4.32. The minimum atomic E-state index is -0.867. The van der Waals surface area contributed by atoms with Gasteiger partial charge in [0.1, 0.15) is 0 Å². The molecule has 0 amide bonds. The summed E-state index contributed by atoms with van der Waals surface area (Å²) in [5, 5.41) is 6.88. The highest BCUT2D eigenvalue weighted by Gasteiger charge is 2.20. The van der Waals surface area contributed by atoms with E-state index >= 15 is 0 Å². The van der Waals surface area contributed by atoms with Gasteiger partial charge in [0.2, 0.25) is 0 Å². The molecule has 140 valence electrons. The first kappa shape index (κ1) is 20.0. The van der Waals surface area contributed by atoms with Crippen LogP contribution < -0.4 is 10.6 Å². The molecule has 0 aromatic heterocycles. The fourth-order valence-electron chi connectivity index (χ4n) is 3.32. The van der Waals surface area contributed by atoms with Gasteiger partial charge in [-0.05, 0) is 44.1 Å². The SMILES string of the molecule is CCNC(=NCCS(=O)Cc1ccccc1)NC1CCC(CC)CC1. The van der Waals surface area contributed by atoms with Crippen molar-refractivity contribution in [1.29, 1.82) is 0 Å². The lowest BCUT2D eigenvalue weighted by Gasteiger charge is -2.29. The van der Waals surface area contributed by atoms with Crippen LogP contribution in [0.25, 0.3) is 0 Å². The Morgan fingerprint density at radius 2 is 1.88 bits per heavy atom. The molecule has 1 aliphatic carbocycles. The molecule has 2 N–H and O–H groups in total. The lowest BCUT2D eigenvalue weighted by atomic mass is 9.84. The van der Waals surface area contributed by atoms with Crippen LogP contribution in [0.4, 0.5) is 0 Å². The van der Waals surface area contributed by atoms with Gasteiger partial charge in [-0.3, -0.25) is 9.20 Å². The van der Waals surface area contributed by atoms with E-state index in [0.717, 1.165) is 24.0 Å². The summed E-state index contributed by atoms with van der Waals surface area (Å²) in [5.41, 5.74) is 1.13. The summed E-state index contributed by atoms with van der Waals surface area (Å²) in [6, 6.07) is 10.5. The largest absolute Gasteiger partial charge is 0.357 e. The second-order valence-electron chi connectivity index (χ2n) is 6.80. The molecule has 25 heavy (non-hydrogen) atoms. The molecule has 2 rings (SSSR count). The van der Waals surface area contributed by atoms with Crippen LogP contribution in [0.1, 0.15) is 51.5 Å². The molecule has 4 nitrogen and oxygen atoms in total. The third-order valence-corrected chi connectivity index (χ3v) is 6.16. The van der Waals surface area contributed by atoms with Crippen LogP contribution in [0, 0.1) is 5.92 Å². The van der Waals surface area contributed by atoms with E-state index in [9.17, 15) is 4.21 Å². The smallest absolute Gasteiger partial charge is 0.191 e. The molecule has 1 aliphatic rings. The molecule has 0 spiro atoms. The second-order valence-corrected chi connectivity index (χ2v) is 8.38. The molecule has 1 aromatic rings. The summed E-state index contributed by atoms with van der Waals surface area (Å²) in [4.78, 5) is 4.63. The highest BCUT2D eigenvalue weighted by molar-refractivity contribution is 7.84. The number of nitrogens with zero attached hydrogens (tertiary/aromatic N) is 1. The van der Waals surface area contributed by atoms with Crippen molar-refractivity contribution in [3.63, 3.8) is 0 Å². The number of aliphatic imine (C=N–C) groups is 1. The monoisotopic (exact) mass is 363 g/mol. The summed E-state index contributed by atoms with van der Waals surface area (Å²) < 4.78 is 12.2. The van der Waals surface area contributed by atoms with Gasteiger partial charge in [-0.25, -0.2) is 0 Å². The molecule has 5 heteroatoms. The zero-order chi connectivity index (χ0) is 17.9. The first-order valence-corrected chi connectivity index (χ1v) is 11.1. The number of hydrogen-bond acceptors (Lipinski definition) is 2. The maximum Gasteiger partial charge on any atom is 0.191 e. The average Bonchev–Trinajstić information content (AvgIpc) is 2.63. The average molecular weight is 364 g/mol. The van der Waals surface area contributed by atoms with Gasteiger partial charge in [0.15, 0.2) is 5.96 Å². The van der Waals surface area contributed by atoms with E-state index in [0.29, 0.717) is 24.1 Å². The quantitative estimate of drug-likeness (QED) is 0.549. The van der Waals surface area contributed by atoms with Crippen LogP contribution in [0.15, 0.2) is 35.3 Å². The predicted octanol–water partition coefficient (Wildman–Crippen LogP) is 3.46. The molecule has 0 saturated heterocycles. The lowest BCUT2D eigenvalue weighted by Crippen LogP contribution is -2.45. The van der Waals surface area contributed by atoms with Crippen LogP contribution in [-0.4, -0.2) is 35.1 Å². The van der Waals surface area contributed by atoms with Crippen molar-refractivity contribution in [3.8, 4) is 0 Å². The van der Waals surface area contributed by atoms with E-state index in [2.05, 4.69) is 29.5 Å². The molecule has 0 heterocycles. The summed E-state index contributed by atoms with van der Waals surface area (Å²) in [7, 11) is -0.867. The first-order chi connectivity index (χ1) is 12.2. The van der Waals surface area contributed by atoms with E-state index in [-0.39, 0.29) is 0 Å². The van der Waals surface area contributed by atoms with E-state index in [4.69, 9.17) is 0 Å². The lowest BCUT2D eigenvalue weighted by molar-refractivity contribution is 0.304. The highest BCUT2D eigenvalue weighted by Crippen LogP contribution is 2.26. The number of guanidine groups is 1. The fraction of sp³-hybridized carbons (Fsp3) is 0.650. The standard InChI is InChI=1S/C20H33N3OS/c1-3-17-10-12-19(13-11-17)23-20(21-4-2)22-14-15-25(24)16-18-8-6-5-7-9-18/h5-9,17,19H,3-4,10-16H2,1-2H3,(H2,21,22,23). The van der Waals surface area contributed by atoms with Crippen molar-refractivity contribution in [2.75, 3.05) is 18.8 Å². The zero-order valence-electron chi connectivity index (χ0n) is 15.7. The summed E-state index contributed by atoms with van der Waals surface area (Å²) in [5.74, 6) is 2.99. The minimum absolute atomic E-state index is 0.524. The van der Waals surface area contributed by atoms with Gasteiger partial charge < -0.3 is 10.6 Å². The molecular weight excluding hydrogens is 330 g/mol. The third-order valence-electron chi connectivity index (χ3n) is 4.87. The van der Waals surface area contributed by atoms with Gasteiger partial charge in [-0.15, -0.1) is 0 Å². The van der Waals surface area contributed by atoms with Crippen molar-refractivity contribution in [2.45, 2.75) is 57.7 Å². The second kappa shape index (κ2) is 11.3. The van der Waals surface area contributed by atoms with Gasteiger partial charge in [-0.1, -0.05) is 43.7 Å². The molecule has 1 unspecified atom stereocenters. The van der Waals surface area contributed by atoms with Gasteiger partial charge in [-0.2, -0.15) is 0 Å². The van der Waals surface area contributed by atoms with Crippen molar-refractivity contribution >= 4 is 16.8 Å². The molecule has 0 bridgehead atoms. The maximum absolute atomic E-state index is 12.2. The number of hydrogen-bond donors (Lipinski definition) is 2. The Hall–Kier alpha value is -1.36. The summed E-state index contributed by atoms with van der Waals surface area (Å²) in [6.45, 7) is 5.82. The van der Waals surface area contributed by atoms with Crippen LogP contribution in [-0.2, 0) is 16.6 Å². The first-order valence-electron chi connectivity index (χ1n) is 9.65. The normalized spacial score (nSPS) is 22.4. The minimum Gasteiger partial charge on any atom is -0.357 e. The predicted molar refractivity (Wildman–Crippen MR) is 108 cm³/mol. The Bertz CT molecular complexity index is 539. The van der Waals surface area contributed by atoms with Crippen LogP contribution in [0.5, 0.6) is 0 Å². The topological polar surface area (TPSA) is 53.5 Å². The van der Waals surface area contributed by atoms with Crippen LogP contribution in [0.3, 0.4) is 0 Å². The molecule has 1 fully saturated rings. The number of nitrogens with one attached hydrogen (secondary N) is 2. The number of rotatable bonds is 8. The van der Waals surface area contributed by atoms with Gasteiger partial charge in [0, 0.05) is 34.9 Å². The van der Waals surface area contributed by atoms with Gasteiger partial charge in [0.25, 0.3) is 0 Å². The Morgan fingerprint density at radius 3 is 2.52 bits per heavy atom. The van der Waals surface area contributed by atoms with E-state index in [1.54, 1.807) is 0 Å². The molecule has 0 radical (unpaired) electrons. The van der Waals surface area contributed by atoms with Crippen molar-refractivity contribution in [2.24, 2.45) is 10.9 Å². The summed E-state index contributed by atoms with van der Waals surface area (Å²) in [6.07, 6.45) is 6.38. The molecule has 0 aliphatic heterocycles. The Kier molecular flexibility index (Phi) is 9.02. The van der Waals surface area contributed by atoms with Crippen LogP contribution in [0.2, 0.25) is 0 Å². The van der Waals surface area contributed by atoms with Gasteiger partial charge >= 0.3 is 0 Å². The van der Waals surface area contributed by atoms with Crippen molar-refractivity contribution in [3.05, 3.63) is 35.9 Å². The van der Waals surface area contributed by atoms with Gasteiger partial charge in [0.05, 0.1) is 6.54 Å². The van der Waals surface area contributed by atoms with Crippen molar-refractivity contribution in [1.82, 2.24) is 10.6 Å². The van der Waals surface area contributed by atoms with Crippen LogP contribution >= 0.6 is 0 Å². The molecule has 1 aromatic carbocycles.